The van der Waals surface area contributed by atoms with Crippen LogP contribution in [-0.4, -0.2) is 5.11 Å². The third kappa shape index (κ3) is 7.29. The second-order valence-electron chi connectivity index (χ2n) is 8.23. The van der Waals surface area contributed by atoms with Crippen molar-refractivity contribution in [2.45, 2.75) is 17.4 Å². The SMILES string of the molecule is C=Cc1ccc(C(F)(F)F)cc1C(O)C=C.[Br-].[PH3+]C(c1ccccc1)(c1ccccc1)c1ccccc1. The van der Waals surface area contributed by atoms with Gasteiger partial charge in [0, 0.05) is 16.7 Å². The monoisotopic (exact) mass is 584 g/mol. The Kier molecular flexibility index (Phi) is 11.1. The van der Waals surface area contributed by atoms with Gasteiger partial charge in [-0.3, -0.25) is 0 Å². The van der Waals surface area contributed by atoms with Crippen molar-refractivity contribution in [1.82, 2.24) is 0 Å². The Morgan fingerprint density at radius 3 is 1.41 bits per heavy atom. The fraction of sp³-hybridized carbons (Fsp3) is 0.0968. The first-order valence-electron chi connectivity index (χ1n) is 11.4. The zero-order valence-corrected chi connectivity index (χ0v) is 23.2. The molecule has 0 spiro atoms. The van der Waals surface area contributed by atoms with Crippen molar-refractivity contribution < 1.29 is 35.3 Å². The average molecular weight is 585 g/mol. The molecule has 2 atom stereocenters. The molecule has 6 heteroatoms. The van der Waals surface area contributed by atoms with Crippen LogP contribution < -0.4 is 17.0 Å². The number of aliphatic hydroxyl groups excluding tert-OH is 1. The predicted molar refractivity (Wildman–Crippen MR) is 147 cm³/mol. The van der Waals surface area contributed by atoms with E-state index in [1.807, 2.05) is 9.24 Å². The molecule has 4 aromatic rings. The van der Waals surface area contributed by atoms with Gasteiger partial charge in [0.05, 0.1) is 11.7 Å². The molecule has 0 radical (unpaired) electrons. The van der Waals surface area contributed by atoms with Crippen LogP contribution >= 0.6 is 9.24 Å². The molecule has 0 aromatic heterocycles. The Hall–Kier alpha value is -2.98. The van der Waals surface area contributed by atoms with Crippen LogP contribution in [0.4, 0.5) is 13.2 Å². The van der Waals surface area contributed by atoms with Gasteiger partial charge in [-0.25, -0.2) is 0 Å². The van der Waals surface area contributed by atoms with Crippen molar-refractivity contribution in [2.24, 2.45) is 0 Å². The van der Waals surface area contributed by atoms with E-state index in [0.717, 1.165) is 12.1 Å². The maximum absolute atomic E-state index is 12.4. The van der Waals surface area contributed by atoms with Crippen molar-refractivity contribution in [3.05, 3.63) is 162 Å². The van der Waals surface area contributed by atoms with Gasteiger partial charge in [0.25, 0.3) is 0 Å². The van der Waals surface area contributed by atoms with Crippen molar-refractivity contribution >= 4 is 15.3 Å². The van der Waals surface area contributed by atoms with E-state index in [-0.39, 0.29) is 27.7 Å². The second kappa shape index (κ2) is 13.5. The summed E-state index contributed by atoms with van der Waals surface area (Å²) in [6.07, 6.45) is -2.99. The summed E-state index contributed by atoms with van der Waals surface area (Å²) >= 11 is 0. The van der Waals surface area contributed by atoms with Crippen LogP contribution in [0.2, 0.25) is 0 Å². The molecule has 0 aliphatic heterocycles. The van der Waals surface area contributed by atoms with E-state index in [2.05, 4.69) is 104 Å². The average Bonchev–Trinajstić information content (AvgIpc) is 2.93. The number of alkyl halides is 3. The van der Waals surface area contributed by atoms with Gasteiger partial charge >= 0.3 is 6.18 Å². The Morgan fingerprint density at radius 2 is 1.08 bits per heavy atom. The highest BCUT2D eigenvalue weighted by atomic mass is 79.9. The lowest BCUT2D eigenvalue weighted by molar-refractivity contribution is -0.137. The van der Waals surface area contributed by atoms with E-state index in [9.17, 15) is 18.3 Å². The Morgan fingerprint density at radius 1 is 0.676 bits per heavy atom. The van der Waals surface area contributed by atoms with Gasteiger partial charge in [-0.1, -0.05) is 116 Å². The standard InChI is InChI=1S/C19H17P.C12H11F3O.BrH/c20-19(16-10-4-1-5-11-16,17-12-6-2-7-13-17)18-14-8-3-9-15-18;1-3-8-5-6-9(12(13,14)15)7-10(8)11(16)4-2;/h1-15H,20H2;3-7,11,16H,1-2H2;1H. The lowest BCUT2D eigenvalue weighted by Gasteiger charge is -2.26. The first-order chi connectivity index (χ1) is 17.2. The predicted octanol–water partition coefficient (Wildman–Crippen LogP) is 5.16. The minimum absolute atomic E-state index is 0. The lowest BCUT2D eigenvalue weighted by Crippen LogP contribution is -3.00. The molecule has 0 bridgehead atoms. The highest BCUT2D eigenvalue weighted by molar-refractivity contribution is 7.19. The van der Waals surface area contributed by atoms with Gasteiger partial charge in [-0.05, 0) is 32.5 Å². The summed E-state index contributed by atoms with van der Waals surface area (Å²) in [6.45, 7) is 6.81. The van der Waals surface area contributed by atoms with Gasteiger partial charge in [-0.2, -0.15) is 13.2 Å². The molecule has 37 heavy (non-hydrogen) atoms. The molecular formula is C31H29BrF3OP. The van der Waals surface area contributed by atoms with Crippen molar-refractivity contribution in [1.29, 1.82) is 0 Å². The molecular weight excluding hydrogens is 556 g/mol. The molecule has 2 unspecified atom stereocenters. The van der Waals surface area contributed by atoms with Crippen molar-refractivity contribution in [3.63, 3.8) is 0 Å². The van der Waals surface area contributed by atoms with Crippen LogP contribution in [0.1, 0.15) is 39.5 Å². The summed E-state index contributed by atoms with van der Waals surface area (Å²) < 4.78 is 37.3. The lowest BCUT2D eigenvalue weighted by atomic mass is 9.84. The Balaban J connectivity index is 0.000000260. The number of aliphatic hydroxyl groups is 1. The maximum Gasteiger partial charge on any atom is 0.416 e. The fourth-order valence-corrected chi connectivity index (χ4v) is 4.70. The number of halogens is 4. The number of benzene rings is 4. The summed E-state index contributed by atoms with van der Waals surface area (Å²) in [5.74, 6) is 0. The van der Waals surface area contributed by atoms with Crippen LogP contribution in [0.3, 0.4) is 0 Å². The van der Waals surface area contributed by atoms with Gasteiger partial charge in [0.2, 0.25) is 0 Å². The molecule has 1 nitrogen and oxygen atoms in total. The van der Waals surface area contributed by atoms with Gasteiger partial charge in [-0.15, -0.1) is 6.58 Å². The van der Waals surface area contributed by atoms with Crippen molar-refractivity contribution in [2.75, 3.05) is 0 Å². The minimum atomic E-state index is -4.42. The van der Waals surface area contributed by atoms with Crippen LogP contribution in [0.5, 0.6) is 0 Å². The first-order valence-corrected chi connectivity index (χ1v) is 12.1. The fourth-order valence-electron chi connectivity index (χ4n) is 3.99. The summed E-state index contributed by atoms with van der Waals surface area (Å²) in [5.41, 5.74) is 3.80. The van der Waals surface area contributed by atoms with Crippen LogP contribution in [-0.2, 0) is 11.3 Å². The summed E-state index contributed by atoms with van der Waals surface area (Å²) in [6, 6.07) is 35.3. The summed E-state index contributed by atoms with van der Waals surface area (Å²) in [4.78, 5) is 0. The zero-order valence-electron chi connectivity index (χ0n) is 20.2. The topological polar surface area (TPSA) is 20.2 Å². The van der Waals surface area contributed by atoms with Crippen LogP contribution in [0, 0.1) is 0 Å². The minimum Gasteiger partial charge on any atom is -1.00 e. The quantitative estimate of drug-likeness (QED) is 0.189. The number of hydrogen-bond donors (Lipinski definition) is 1. The second-order valence-corrected chi connectivity index (χ2v) is 9.29. The summed E-state index contributed by atoms with van der Waals surface area (Å²) in [5, 5.41) is 9.40. The smallest absolute Gasteiger partial charge is 0.416 e. The largest absolute Gasteiger partial charge is 1.00 e. The third-order valence-electron chi connectivity index (χ3n) is 5.98. The first kappa shape index (κ1) is 30.2. The molecule has 0 saturated heterocycles. The molecule has 0 fully saturated rings. The third-order valence-corrected chi connectivity index (χ3v) is 7.20. The van der Waals surface area contributed by atoms with Crippen LogP contribution in [0.15, 0.2) is 128 Å². The Bertz CT molecular complexity index is 1180. The number of rotatable bonds is 6. The normalized spacial score (nSPS) is 11.9. The van der Waals surface area contributed by atoms with Gasteiger partial charge < -0.3 is 22.1 Å². The number of hydrogen-bond acceptors (Lipinski definition) is 1. The molecule has 0 heterocycles. The molecule has 1 N–H and O–H groups in total. The molecule has 4 rings (SSSR count). The molecule has 0 aliphatic carbocycles. The molecule has 0 amide bonds. The molecule has 0 saturated carbocycles. The highest BCUT2D eigenvalue weighted by Crippen LogP contribution is 2.44. The highest BCUT2D eigenvalue weighted by Gasteiger charge is 2.36. The van der Waals surface area contributed by atoms with E-state index in [1.165, 1.54) is 34.9 Å². The molecule has 192 valence electrons. The maximum atomic E-state index is 12.4. The van der Waals surface area contributed by atoms with E-state index in [0.29, 0.717) is 5.56 Å². The van der Waals surface area contributed by atoms with Crippen LogP contribution in [0.25, 0.3) is 6.08 Å². The molecule has 0 aliphatic rings. The van der Waals surface area contributed by atoms with E-state index in [4.69, 9.17) is 0 Å². The molecule has 4 aromatic carbocycles. The van der Waals surface area contributed by atoms with Gasteiger partial charge in [0.15, 0.2) is 0 Å². The van der Waals surface area contributed by atoms with Crippen molar-refractivity contribution in [3.8, 4) is 0 Å². The van der Waals surface area contributed by atoms with E-state index < -0.39 is 17.8 Å². The van der Waals surface area contributed by atoms with E-state index in [1.54, 1.807) is 0 Å². The summed E-state index contributed by atoms with van der Waals surface area (Å²) in [7, 11) is 2.05. The van der Waals surface area contributed by atoms with E-state index >= 15 is 0 Å². The Labute approximate surface area is 229 Å². The van der Waals surface area contributed by atoms with Gasteiger partial charge in [0.1, 0.15) is 5.16 Å². The zero-order chi connectivity index (χ0) is 26.2.